The number of pyridine rings is 1. The first-order chi connectivity index (χ1) is 13.5. The van der Waals surface area contributed by atoms with E-state index in [0.717, 1.165) is 11.3 Å². The van der Waals surface area contributed by atoms with Crippen molar-refractivity contribution in [3.05, 3.63) is 91.8 Å². The zero-order valence-electron chi connectivity index (χ0n) is 15.6. The van der Waals surface area contributed by atoms with Gasteiger partial charge < -0.3 is 19.5 Å². The third kappa shape index (κ3) is 4.56. The molecule has 0 aliphatic heterocycles. The molecule has 2 N–H and O–H groups in total. The molecule has 0 atom stereocenters. The summed E-state index contributed by atoms with van der Waals surface area (Å²) >= 11 is 0. The summed E-state index contributed by atoms with van der Waals surface area (Å²) in [7, 11) is 1.61. The maximum absolute atomic E-state index is 12.4. The molecule has 1 amide bonds. The predicted octanol–water partition coefficient (Wildman–Crippen LogP) is 2.68. The van der Waals surface area contributed by atoms with Crippen LogP contribution < -0.4 is 21.1 Å². The number of hydrogen-bond acceptors (Lipinski definition) is 5. The number of H-pyrrole nitrogens is 1. The number of amides is 1. The summed E-state index contributed by atoms with van der Waals surface area (Å²) in [6.45, 7) is 1.68. The summed E-state index contributed by atoms with van der Waals surface area (Å²) in [5.74, 6) is 0.860. The Labute approximate surface area is 161 Å². The number of nitrogens with one attached hydrogen (secondary N) is 2. The number of aromatic amines is 1. The van der Waals surface area contributed by atoms with Crippen LogP contribution in [0.1, 0.15) is 27.2 Å². The van der Waals surface area contributed by atoms with Crippen molar-refractivity contribution in [3.63, 3.8) is 0 Å². The van der Waals surface area contributed by atoms with Gasteiger partial charge in [-0.25, -0.2) is 4.79 Å². The number of ether oxygens (including phenoxy) is 1. The Morgan fingerprint density at radius 1 is 1.11 bits per heavy atom. The standard InChI is InChI=1S/C21H20N2O5/c1-13-11-17(8-5-14-3-6-16(27-2)7-4-14)28-21(26)19(13)20(25)23-18-12-15(24)9-10-22-18/h3-4,6-7,9-12H,5,8H2,1-2H3,(H2,22,23,24,25). The lowest BCUT2D eigenvalue weighted by molar-refractivity contribution is 0.102. The molecule has 1 aromatic carbocycles. The summed E-state index contributed by atoms with van der Waals surface area (Å²) in [6.07, 6.45) is 2.62. The van der Waals surface area contributed by atoms with Gasteiger partial charge >= 0.3 is 5.63 Å². The van der Waals surface area contributed by atoms with E-state index in [1.807, 2.05) is 24.3 Å². The first-order valence-electron chi connectivity index (χ1n) is 8.73. The Bertz CT molecular complexity index is 1100. The highest BCUT2D eigenvalue weighted by atomic mass is 16.5. The fourth-order valence-corrected chi connectivity index (χ4v) is 2.83. The number of benzene rings is 1. The Morgan fingerprint density at radius 3 is 2.50 bits per heavy atom. The number of carbonyl (C=O) groups is 1. The number of aryl methyl sites for hydroxylation is 3. The summed E-state index contributed by atoms with van der Waals surface area (Å²) < 4.78 is 10.5. The van der Waals surface area contributed by atoms with Crippen LogP contribution in [0.4, 0.5) is 5.82 Å². The molecule has 0 spiro atoms. The first kappa shape index (κ1) is 19.2. The maximum atomic E-state index is 12.4. The lowest BCUT2D eigenvalue weighted by atomic mass is 10.1. The maximum Gasteiger partial charge on any atom is 0.349 e. The molecule has 144 valence electrons. The van der Waals surface area contributed by atoms with Gasteiger partial charge in [-0.05, 0) is 42.7 Å². The summed E-state index contributed by atoms with van der Waals surface area (Å²) in [4.78, 5) is 38.8. The van der Waals surface area contributed by atoms with Crippen molar-refractivity contribution in [1.82, 2.24) is 4.98 Å². The lowest BCUT2D eigenvalue weighted by Gasteiger charge is -2.08. The average Bonchev–Trinajstić information content (AvgIpc) is 2.66. The number of aromatic nitrogens is 1. The van der Waals surface area contributed by atoms with Crippen molar-refractivity contribution in [2.45, 2.75) is 19.8 Å². The van der Waals surface area contributed by atoms with Crippen LogP contribution >= 0.6 is 0 Å². The topological polar surface area (TPSA) is 101 Å². The van der Waals surface area contributed by atoms with Gasteiger partial charge in [0.05, 0.1) is 7.11 Å². The molecule has 3 aromatic rings. The minimum atomic E-state index is -0.708. The largest absolute Gasteiger partial charge is 0.497 e. The zero-order chi connectivity index (χ0) is 20.1. The Kier molecular flexibility index (Phi) is 5.74. The van der Waals surface area contributed by atoms with E-state index in [0.29, 0.717) is 24.2 Å². The minimum absolute atomic E-state index is 0.0853. The highest BCUT2D eigenvalue weighted by Crippen LogP contribution is 2.15. The number of methoxy groups -OCH3 is 1. The summed E-state index contributed by atoms with van der Waals surface area (Å²) in [5.41, 5.74) is 0.540. The predicted molar refractivity (Wildman–Crippen MR) is 105 cm³/mol. The molecular weight excluding hydrogens is 360 g/mol. The van der Waals surface area contributed by atoms with Crippen molar-refractivity contribution in [1.29, 1.82) is 0 Å². The molecule has 7 heteroatoms. The van der Waals surface area contributed by atoms with E-state index in [1.54, 1.807) is 20.1 Å². The normalized spacial score (nSPS) is 10.5. The van der Waals surface area contributed by atoms with Crippen LogP contribution in [-0.4, -0.2) is 18.0 Å². The van der Waals surface area contributed by atoms with Crippen LogP contribution in [0.15, 0.2) is 62.7 Å². The molecule has 0 fully saturated rings. The van der Waals surface area contributed by atoms with Crippen LogP contribution in [-0.2, 0) is 12.8 Å². The van der Waals surface area contributed by atoms with E-state index < -0.39 is 11.5 Å². The monoisotopic (exact) mass is 380 g/mol. The molecule has 0 saturated carbocycles. The third-order valence-corrected chi connectivity index (χ3v) is 4.27. The van der Waals surface area contributed by atoms with E-state index in [9.17, 15) is 14.4 Å². The van der Waals surface area contributed by atoms with Crippen molar-refractivity contribution >= 4 is 11.7 Å². The molecule has 7 nitrogen and oxygen atoms in total. The molecule has 0 bridgehead atoms. The Morgan fingerprint density at radius 2 is 1.86 bits per heavy atom. The number of hydrogen-bond donors (Lipinski definition) is 2. The Balaban J connectivity index is 1.73. The van der Waals surface area contributed by atoms with Crippen molar-refractivity contribution in [2.24, 2.45) is 0 Å². The van der Waals surface area contributed by atoms with E-state index in [1.165, 1.54) is 18.3 Å². The average molecular weight is 380 g/mol. The van der Waals surface area contributed by atoms with Crippen molar-refractivity contribution in [3.8, 4) is 5.75 Å². The van der Waals surface area contributed by atoms with Gasteiger partial charge in [-0.1, -0.05) is 12.1 Å². The van der Waals surface area contributed by atoms with E-state index >= 15 is 0 Å². The summed E-state index contributed by atoms with van der Waals surface area (Å²) in [5, 5.41) is 2.50. The fraction of sp³-hybridized carbons (Fsp3) is 0.190. The minimum Gasteiger partial charge on any atom is -0.497 e. The van der Waals surface area contributed by atoms with Gasteiger partial charge in [0.2, 0.25) is 0 Å². The van der Waals surface area contributed by atoms with Gasteiger partial charge in [-0.3, -0.25) is 9.59 Å². The van der Waals surface area contributed by atoms with E-state index in [-0.39, 0.29) is 16.8 Å². The molecule has 2 aromatic heterocycles. The van der Waals surface area contributed by atoms with E-state index in [4.69, 9.17) is 9.15 Å². The second-order valence-corrected chi connectivity index (χ2v) is 6.30. The molecule has 0 aliphatic rings. The van der Waals surface area contributed by atoms with Gasteiger partial charge in [-0.15, -0.1) is 0 Å². The smallest absolute Gasteiger partial charge is 0.349 e. The highest BCUT2D eigenvalue weighted by molar-refractivity contribution is 6.04. The lowest BCUT2D eigenvalue weighted by Crippen LogP contribution is -2.24. The third-order valence-electron chi connectivity index (χ3n) is 4.27. The zero-order valence-corrected chi connectivity index (χ0v) is 15.6. The molecule has 2 heterocycles. The molecule has 0 unspecified atom stereocenters. The SMILES string of the molecule is COc1ccc(CCc2cc(C)c(C(=O)Nc3cc(=O)cc[nH]3)c(=O)o2)cc1. The van der Waals surface area contributed by atoms with Crippen LogP contribution in [0.3, 0.4) is 0 Å². The van der Waals surface area contributed by atoms with Crippen molar-refractivity contribution < 1.29 is 13.9 Å². The second kappa shape index (κ2) is 8.39. The van der Waals surface area contributed by atoms with Gasteiger partial charge in [-0.2, -0.15) is 0 Å². The highest BCUT2D eigenvalue weighted by Gasteiger charge is 2.17. The number of anilines is 1. The molecule has 0 aliphatic carbocycles. The number of carbonyl (C=O) groups excluding carboxylic acids is 1. The number of rotatable bonds is 6. The van der Waals surface area contributed by atoms with Crippen LogP contribution in [0, 0.1) is 6.92 Å². The van der Waals surface area contributed by atoms with Gasteiger partial charge in [0.25, 0.3) is 5.91 Å². The molecular formula is C21H20N2O5. The van der Waals surface area contributed by atoms with Gasteiger partial charge in [0, 0.05) is 24.8 Å². The van der Waals surface area contributed by atoms with Gasteiger partial charge in [0.1, 0.15) is 22.9 Å². The van der Waals surface area contributed by atoms with Gasteiger partial charge in [0.15, 0.2) is 5.43 Å². The second-order valence-electron chi connectivity index (χ2n) is 6.30. The summed E-state index contributed by atoms with van der Waals surface area (Å²) in [6, 6.07) is 11.9. The van der Waals surface area contributed by atoms with Crippen LogP contribution in [0.5, 0.6) is 5.75 Å². The Hall–Kier alpha value is -3.61. The fourth-order valence-electron chi connectivity index (χ4n) is 2.83. The molecule has 0 saturated heterocycles. The van der Waals surface area contributed by atoms with Crippen molar-refractivity contribution in [2.75, 3.05) is 12.4 Å². The van der Waals surface area contributed by atoms with Crippen LogP contribution in [0.25, 0.3) is 0 Å². The molecule has 28 heavy (non-hydrogen) atoms. The first-order valence-corrected chi connectivity index (χ1v) is 8.73. The molecule has 3 rings (SSSR count). The van der Waals surface area contributed by atoms with Crippen LogP contribution in [0.2, 0.25) is 0 Å². The van der Waals surface area contributed by atoms with E-state index in [2.05, 4.69) is 10.3 Å². The quantitative estimate of drug-likeness (QED) is 0.685. The molecule has 0 radical (unpaired) electrons.